The van der Waals surface area contributed by atoms with Crippen LogP contribution >= 0.6 is 0 Å². The molecule has 0 aliphatic rings. The van der Waals surface area contributed by atoms with Gasteiger partial charge in [0.15, 0.2) is 6.10 Å². The molecule has 0 saturated carbocycles. The Morgan fingerprint density at radius 3 is 2.35 bits per heavy atom. The summed E-state index contributed by atoms with van der Waals surface area (Å²) in [5, 5.41) is 26.8. The zero-order chi connectivity index (χ0) is 13.2. The molecule has 0 radical (unpaired) electrons. The lowest BCUT2D eigenvalue weighted by atomic mass is 9.98. The highest BCUT2D eigenvalue weighted by Crippen LogP contribution is 2.36. The van der Waals surface area contributed by atoms with E-state index in [9.17, 15) is 18.3 Å². The van der Waals surface area contributed by atoms with Crippen LogP contribution in [0, 0.1) is 11.3 Å². The summed E-state index contributed by atoms with van der Waals surface area (Å²) in [6.45, 7) is 0. The van der Waals surface area contributed by atoms with Crippen LogP contribution in [0.5, 0.6) is 0 Å². The Labute approximate surface area is 94.7 Å². The van der Waals surface area contributed by atoms with E-state index in [0.717, 1.165) is 12.1 Å². The van der Waals surface area contributed by atoms with E-state index in [-0.39, 0.29) is 5.69 Å². The predicted octanol–water partition coefficient (Wildman–Crippen LogP) is 1.21. The van der Waals surface area contributed by atoms with Crippen LogP contribution in [0.3, 0.4) is 0 Å². The van der Waals surface area contributed by atoms with E-state index in [1.54, 1.807) is 0 Å². The maximum Gasteiger partial charge on any atom is 0.416 e. The van der Waals surface area contributed by atoms with Gasteiger partial charge in [0.1, 0.15) is 6.10 Å². The lowest BCUT2D eigenvalue weighted by Gasteiger charge is -2.18. The highest BCUT2D eigenvalue weighted by molar-refractivity contribution is 5.47. The quantitative estimate of drug-likeness (QED) is 0.540. The number of rotatable bonds is 2. The smallest absolute Gasteiger partial charge is 0.399 e. The number of benzene rings is 1. The standard InChI is InChI=1S/C10H9F3N2O2/c11-10(12,13)7-2-1-5(15)3-6(7)9(17)8(16)4-14/h1-3,8-9,16-17H,15H2. The summed E-state index contributed by atoms with van der Waals surface area (Å²) in [5.74, 6) is 0. The summed E-state index contributed by atoms with van der Waals surface area (Å²) >= 11 is 0. The van der Waals surface area contributed by atoms with Crippen molar-refractivity contribution in [2.45, 2.75) is 18.4 Å². The van der Waals surface area contributed by atoms with E-state index >= 15 is 0 Å². The Hall–Kier alpha value is -1.78. The van der Waals surface area contributed by atoms with E-state index in [1.807, 2.05) is 0 Å². The molecule has 0 spiro atoms. The summed E-state index contributed by atoms with van der Waals surface area (Å²) < 4.78 is 37.8. The van der Waals surface area contributed by atoms with Gasteiger partial charge in [0.2, 0.25) is 0 Å². The maximum atomic E-state index is 12.6. The summed E-state index contributed by atoms with van der Waals surface area (Å²) in [6.07, 6.45) is -8.60. The van der Waals surface area contributed by atoms with E-state index in [0.29, 0.717) is 6.07 Å². The molecule has 4 nitrogen and oxygen atoms in total. The van der Waals surface area contributed by atoms with Gasteiger partial charge in [-0.25, -0.2) is 0 Å². The van der Waals surface area contributed by atoms with Gasteiger partial charge in [-0.05, 0) is 23.8 Å². The first-order valence-electron chi connectivity index (χ1n) is 4.49. The summed E-state index contributed by atoms with van der Waals surface area (Å²) in [4.78, 5) is 0. The molecular formula is C10H9F3N2O2. The number of nitrogen functional groups attached to an aromatic ring is 1. The van der Waals surface area contributed by atoms with Crippen molar-refractivity contribution in [1.82, 2.24) is 0 Å². The first-order valence-corrected chi connectivity index (χ1v) is 4.49. The number of hydrogen-bond donors (Lipinski definition) is 3. The molecule has 1 aromatic carbocycles. The molecule has 0 amide bonds. The molecule has 0 fully saturated rings. The largest absolute Gasteiger partial charge is 0.416 e. The third-order valence-corrected chi connectivity index (χ3v) is 2.13. The minimum absolute atomic E-state index is 0.00260. The first-order chi connectivity index (χ1) is 7.77. The number of anilines is 1. The molecule has 1 aromatic rings. The van der Waals surface area contributed by atoms with Crippen molar-refractivity contribution in [3.63, 3.8) is 0 Å². The SMILES string of the molecule is N#CC(O)C(O)c1cc(N)ccc1C(F)(F)F. The van der Waals surface area contributed by atoms with Crippen molar-refractivity contribution in [3.8, 4) is 6.07 Å². The van der Waals surface area contributed by atoms with Gasteiger partial charge in [-0.1, -0.05) is 0 Å². The van der Waals surface area contributed by atoms with Crippen molar-refractivity contribution in [1.29, 1.82) is 5.26 Å². The van der Waals surface area contributed by atoms with Gasteiger partial charge >= 0.3 is 6.18 Å². The number of hydrogen-bond acceptors (Lipinski definition) is 4. The fourth-order valence-corrected chi connectivity index (χ4v) is 1.32. The zero-order valence-electron chi connectivity index (χ0n) is 8.44. The van der Waals surface area contributed by atoms with Crippen LogP contribution in [0.15, 0.2) is 18.2 Å². The fraction of sp³-hybridized carbons (Fsp3) is 0.300. The Balaban J connectivity index is 3.31. The molecule has 92 valence electrons. The second kappa shape index (κ2) is 4.61. The summed E-state index contributed by atoms with van der Waals surface area (Å²) in [5.41, 5.74) is 3.55. The van der Waals surface area contributed by atoms with Crippen molar-refractivity contribution in [2.24, 2.45) is 0 Å². The molecule has 1 rings (SSSR count). The molecule has 2 unspecified atom stereocenters. The predicted molar refractivity (Wildman–Crippen MR) is 52.4 cm³/mol. The molecular weight excluding hydrogens is 237 g/mol. The van der Waals surface area contributed by atoms with Gasteiger partial charge in [0, 0.05) is 5.69 Å². The number of nitriles is 1. The molecule has 2 atom stereocenters. The molecule has 7 heteroatoms. The van der Waals surface area contributed by atoms with Crippen LogP contribution in [0.4, 0.5) is 18.9 Å². The van der Waals surface area contributed by atoms with E-state index in [1.165, 1.54) is 6.07 Å². The molecule has 0 aromatic heterocycles. The average Bonchev–Trinajstić information content (AvgIpc) is 2.25. The normalized spacial score (nSPS) is 15.1. The molecule has 17 heavy (non-hydrogen) atoms. The van der Waals surface area contributed by atoms with E-state index in [4.69, 9.17) is 16.1 Å². The average molecular weight is 246 g/mol. The van der Waals surface area contributed by atoms with E-state index < -0.39 is 29.5 Å². The van der Waals surface area contributed by atoms with Crippen LogP contribution in [0.1, 0.15) is 17.2 Å². The third kappa shape index (κ3) is 2.87. The minimum Gasteiger partial charge on any atom is -0.399 e. The Kier molecular flexibility index (Phi) is 3.60. The van der Waals surface area contributed by atoms with Gasteiger partial charge in [-0.15, -0.1) is 0 Å². The second-order valence-electron chi connectivity index (χ2n) is 3.36. The monoisotopic (exact) mass is 246 g/mol. The summed E-state index contributed by atoms with van der Waals surface area (Å²) in [6, 6.07) is 3.86. The maximum absolute atomic E-state index is 12.6. The Morgan fingerprint density at radius 1 is 1.29 bits per heavy atom. The molecule has 0 bridgehead atoms. The number of nitrogens with two attached hydrogens (primary N) is 1. The van der Waals surface area contributed by atoms with Gasteiger partial charge in [-0.2, -0.15) is 18.4 Å². The topological polar surface area (TPSA) is 90.3 Å². The number of aliphatic hydroxyl groups is 2. The number of aliphatic hydroxyl groups excluding tert-OH is 2. The molecule has 0 aliphatic carbocycles. The lowest BCUT2D eigenvalue weighted by Crippen LogP contribution is -2.20. The Bertz CT molecular complexity index is 454. The molecule has 4 N–H and O–H groups in total. The second-order valence-corrected chi connectivity index (χ2v) is 3.36. The van der Waals surface area contributed by atoms with Gasteiger partial charge < -0.3 is 15.9 Å². The van der Waals surface area contributed by atoms with Crippen LogP contribution < -0.4 is 5.73 Å². The summed E-state index contributed by atoms with van der Waals surface area (Å²) in [7, 11) is 0. The zero-order valence-corrected chi connectivity index (χ0v) is 8.44. The van der Waals surface area contributed by atoms with Gasteiger partial charge in [0.05, 0.1) is 11.6 Å². The van der Waals surface area contributed by atoms with Crippen LogP contribution in [0.2, 0.25) is 0 Å². The van der Waals surface area contributed by atoms with Crippen molar-refractivity contribution in [3.05, 3.63) is 29.3 Å². The van der Waals surface area contributed by atoms with Crippen molar-refractivity contribution < 1.29 is 23.4 Å². The molecule has 0 saturated heterocycles. The van der Waals surface area contributed by atoms with Gasteiger partial charge in [0.25, 0.3) is 0 Å². The first kappa shape index (κ1) is 13.3. The van der Waals surface area contributed by atoms with Crippen molar-refractivity contribution >= 4 is 5.69 Å². The van der Waals surface area contributed by atoms with Crippen LogP contribution in [-0.2, 0) is 6.18 Å². The van der Waals surface area contributed by atoms with Crippen LogP contribution in [0.25, 0.3) is 0 Å². The molecule has 0 heterocycles. The molecule has 0 aliphatic heterocycles. The number of nitrogens with zero attached hydrogens (tertiary/aromatic N) is 1. The highest BCUT2D eigenvalue weighted by atomic mass is 19.4. The minimum atomic E-state index is -4.70. The Morgan fingerprint density at radius 2 is 1.88 bits per heavy atom. The third-order valence-electron chi connectivity index (χ3n) is 2.13. The number of alkyl halides is 3. The van der Waals surface area contributed by atoms with Crippen LogP contribution in [-0.4, -0.2) is 16.3 Å². The van der Waals surface area contributed by atoms with Crippen molar-refractivity contribution in [2.75, 3.05) is 5.73 Å². The fourth-order valence-electron chi connectivity index (χ4n) is 1.32. The van der Waals surface area contributed by atoms with Gasteiger partial charge in [-0.3, -0.25) is 0 Å². The highest BCUT2D eigenvalue weighted by Gasteiger charge is 2.36. The number of halogens is 3. The van der Waals surface area contributed by atoms with E-state index in [2.05, 4.69) is 0 Å². The lowest BCUT2D eigenvalue weighted by molar-refractivity contribution is -0.139.